The van der Waals surface area contributed by atoms with Gasteiger partial charge in [-0.2, -0.15) is 0 Å². The number of hydrogen-bond donors (Lipinski definition) is 4. The van der Waals surface area contributed by atoms with Gasteiger partial charge in [-0.15, -0.1) is 0 Å². The minimum absolute atomic E-state index is 0.147. The normalized spacial score (nSPS) is 11.4. The third kappa shape index (κ3) is 5.66. The van der Waals surface area contributed by atoms with Crippen molar-refractivity contribution in [1.29, 1.82) is 0 Å². The number of urea groups is 1. The van der Waals surface area contributed by atoms with Crippen LogP contribution in [0.4, 0.5) is 4.79 Å². The van der Waals surface area contributed by atoms with Crippen LogP contribution in [0.15, 0.2) is 30.3 Å². The predicted molar refractivity (Wildman–Crippen MR) is 81.0 cm³/mol. The van der Waals surface area contributed by atoms with Crippen LogP contribution in [0.5, 0.6) is 0 Å². The quantitative estimate of drug-likeness (QED) is 0.416. The summed E-state index contributed by atoms with van der Waals surface area (Å²) in [6.07, 6.45) is 0.450. The first-order valence-corrected chi connectivity index (χ1v) is 6.55. The highest BCUT2D eigenvalue weighted by atomic mass is 32.1. The van der Waals surface area contributed by atoms with Crippen molar-refractivity contribution >= 4 is 29.1 Å². The van der Waals surface area contributed by atoms with E-state index in [0.29, 0.717) is 6.42 Å². The summed E-state index contributed by atoms with van der Waals surface area (Å²) in [5.41, 5.74) is 11.5. The molecule has 20 heavy (non-hydrogen) atoms. The molecule has 1 aromatic rings. The third-order valence-corrected chi connectivity index (χ3v) is 2.95. The van der Waals surface area contributed by atoms with Crippen molar-refractivity contribution < 1.29 is 9.59 Å². The van der Waals surface area contributed by atoms with Crippen molar-refractivity contribution in [1.82, 2.24) is 10.6 Å². The Hall–Kier alpha value is -2.15. The average Bonchev–Trinajstić information content (AvgIpc) is 2.41. The van der Waals surface area contributed by atoms with Crippen LogP contribution in [0.3, 0.4) is 0 Å². The highest BCUT2D eigenvalue weighted by Gasteiger charge is 2.21. The van der Waals surface area contributed by atoms with Gasteiger partial charge in [-0.25, -0.2) is 4.79 Å². The van der Waals surface area contributed by atoms with Gasteiger partial charge in [-0.05, 0) is 12.0 Å². The van der Waals surface area contributed by atoms with Crippen molar-refractivity contribution in [3.05, 3.63) is 35.9 Å². The molecule has 0 heterocycles. The number of hydrogen-bond acceptors (Lipinski definition) is 3. The van der Waals surface area contributed by atoms with E-state index in [1.807, 2.05) is 30.3 Å². The predicted octanol–water partition coefficient (Wildman–Crippen LogP) is -0.0841. The topological polar surface area (TPSA) is 110 Å². The molecule has 0 fully saturated rings. The molecule has 7 heteroatoms. The van der Waals surface area contributed by atoms with Crippen molar-refractivity contribution in [3.8, 4) is 0 Å². The maximum atomic E-state index is 12.0. The van der Waals surface area contributed by atoms with Gasteiger partial charge in [0.1, 0.15) is 0 Å². The fourth-order valence-electron chi connectivity index (χ4n) is 1.67. The van der Waals surface area contributed by atoms with Crippen molar-refractivity contribution in [2.24, 2.45) is 17.4 Å². The number of benzene rings is 1. The van der Waals surface area contributed by atoms with Crippen LogP contribution >= 0.6 is 12.2 Å². The van der Waals surface area contributed by atoms with Crippen molar-refractivity contribution in [2.45, 2.75) is 6.42 Å². The van der Waals surface area contributed by atoms with Crippen LogP contribution in [-0.4, -0.2) is 30.0 Å². The molecule has 6 nitrogen and oxygen atoms in total. The molecule has 0 spiro atoms. The standard InChI is InChI=1S/C13H18N4O2S/c14-11(20)10(8-9-4-2-1-3-5-9)12(18)16-6-7-17-13(15)19/h1-5,10H,6-8H2,(H2,14,20)(H,16,18)(H3,15,17,19). The van der Waals surface area contributed by atoms with Crippen LogP contribution < -0.4 is 22.1 Å². The largest absolute Gasteiger partial charge is 0.393 e. The number of nitrogens with one attached hydrogen (secondary N) is 2. The lowest BCUT2D eigenvalue weighted by atomic mass is 9.98. The average molecular weight is 294 g/mol. The van der Waals surface area contributed by atoms with Crippen molar-refractivity contribution in [2.75, 3.05) is 13.1 Å². The van der Waals surface area contributed by atoms with Gasteiger partial charge in [0, 0.05) is 13.1 Å². The van der Waals surface area contributed by atoms with Crippen LogP contribution in [0.2, 0.25) is 0 Å². The van der Waals surface area contributed by atoms with Gasteiger partial charge in [0.25, 0.3) is 0 Å². The number of thiocarbonyl (C=S) groups is 1. The molecule has 108 valence electrons. The van der Waals surface area contributed by atoms with Crippen LogP contribution in [-0.2, 0) is 11.2 Å². The van der Waals surface area contributed by atoms with Gasteiger partial charge in [0.2, 0.25) is 5.91 Å². The van der Waals surface area contributed by atoms with Gasteiger partial charge in [0.05, 0.1) is 10.9 Å². The van der Waals surface area contributed by atoms with Crippen LogP contribution in [0.25, 0.3) is 0 Å². The molecule has 0 saturated carbocycles. The summed E-state index contributed by atoms with van der Waals surface area (Å²) in [6.45, 7) is 0.534. The van der Waals surface area contributed by atoms with E-state index in [1.165, 1.54) is 0 Å². The van der Waals surface area contributed by atoms with Gasteiger partial charge < -0.3 is 22.1 Å². The first-order chi connectivity index (χ1) is 9.50. The molecule has 0 radical (unpaired) electrons. The number of primary amides is 1. The summed E-state index contributed by atoms with van der Waals surface area (Å²) in [5, 5.41) is 5.04. The molecule has 0 bridgehead atoms. The van der Waals surface area contributed by atoms with E-state index in [2.05, 4.69) is 10.6 Å². The van der Waals surface area contributed by atoms with Gasteiger partial charge in [0.15, 0.2) is 0 Å². The molecular formula is C13H18N4O2S. The van der Waals surface area contributed by atoms with E-state index in [-0.39, 0.29) is 24.0 Å². The second-order valence-electron chi connectivity index (χ2n) is 4.23. The Morgan fingerprint density at radius 3 is 2.25 bits per heavy atom. The Kier molecular flexibility index (Phi) is 6.45. The summed E-state index contributed by atoms with van der Waals surface area (Å²) < 4.78 is 0. The number of carbonyl (C=O) groups is 2. The van der Waals surface area contributed by atoms with Crippen LogP contribution in [0.1, 0.15) is 5.56 Å². The van der Waals surface area contributed by atoms with E-state index in [1.54, 1.807) is 0 Å². The van der Waals surface area contributed by atoms with Gasteiger partial charge >= 0.3 is 6.03 Å². The first kappa shape index (κ1) is 15.9. The summed E-state index contributed by atoms with van der Waals surface area (Å²) in [7, 11) is 0. The maximum Gasteiger partial charge on any atom is 0.312 e. The smallest absolute Gasteiger partial charge is 0.312 e. The summed E-state index contributed by atoms with van der Waals surface area (Å²) in [5.74, 6) is -0.825. The fourth-order valence-corrected chi connectivity index (χ4v) is 1.86. The Morgan fingerprint density at radius 1 is 1.10 bits per heavy atom. The summed E-state index contributed by atoms with van der Waals surface area (Å²) in [6, 6.07) is 8.87. The van der Waals surface area contributed by atoms with E-state index in [0.717, 1.165) is 5.56 Å². The van der Waals surface area contributed by atoms with E-state index < -0.39 is 11.9 Å². The monoisotopic (exact) mass is 294 g/mol. The molecule has 6 N–H and O–H groups in total. The number of carbonyl (C=O) groups excluding carboxylic acids is 2. The fraction of sp³-hybridized carbons (Fsp3) is 0.308. The molecule has 1 unspecified atom stereocenters. The Morgan fingerprint density at radius 2 is 1.70 bits per heavy atom. The molecule has 0 aromatic heterocycles. The highest BCUT2D eigenvalue weighted by Crippen LogP contribution is 2.09. The molecule has 0 aliphatic rings. The van der Waals surface area contributed by atoms with E-state index >= 15 is 0 Å². The number of nitrogens with two attached hydrogens (primary N) is 2. The second kappa shape index (κ2) is 8.11. The molecule has 0 aliphatic heterocycles. The molecule has 1 aromatic carbocycles. The number of rotatable bonds is 7. The van der Waals surface area contributed by atoms with Crippen molar-refractivity contribution in [3.63, 3.8) is 0 Å². The second-order valence-corrected chi connectivity index (χ2v) is 4.70. The van der Waals surface area contributed by atoms with Gasteiger partial charge in [-0.3, -0.25) is 4.79 Å². The zero-order valence-corrected chi connectivity index (χ0v) is 11.8. The molecule has 0 saturated heterocycles. The molecule has 1 rings (SSSR count). The number of amides is 3. The van der Waals surface area contributed by atoms with Crippen LogP contribution in [0, 0.1) is 5.92 Å². The van der Waals surface area contributed by atoms with Gasteiger partial charge in [-0.1, -0.05) is 42.5 Å². The lowest BCUT2D eigenvalue weighted by Crippen LogP contribution is -2.43. The summed E-state index contributed by atoms with van der Waals surface area (Å²) in [4.78, 5) is 22.6. The minimum atomic E-state index is -0.630. The summed E-state index contributed by atoms with van der Waals surface area (Å²) >= 11 is 4.94. The Labute approximate surface area is 122 Å². The van der Waals surface area contributed by atoms with E-state index in [4.69, 9.17) is 23.7 Å². The SMILES string of the molecule is NC(=O)NCCNC(=O)C(Cc1ccccc1)C(N)=S. The zero-order valence-electron chi connectivity index (χ0n) is 11.0. The first-order valence-electron chi connectivity index (χ1n) is 6.15. The maximum absolute atomic E-state index is 12.0. The minimum Gasteiger partial charge on any atom is -0.393 e. The Balaban J connectivity index is 2.51. The third-order valence-electron chi connectivity index (χ3n) is 2.67. The lowest BCUT2D eigenvalue weighted by Gasteiger charge is -2.15. The van der Waals surface area contributed by atoms with E-state index in [9.17, 15) is 9.59 Å². The molecular weight excluding hydrogens is 276 g/mol. The molecule has 1 atom stereocenters. The lowest BCUT2D eigenvalue weighted by molar-refractivity contribution is -0.122. The molecule has 0 aliphatic carbocycles. The highest BCUT2D eigenvalue weighted by molar-refractivity contribution is 7.80. The Bertz CT molecular complexity index is 479. The molecule has 3 amide bonds. The zero-order chi connectivity index (χ0) is 15.0.